The van der Waals surface area contributed by atoms with E-state index in [-0.39, 0.29) is 24.0 Å². The molecular weight excluding hydrogens is 223 g/mol. The number of ether oxygens (including phenoxy) is 1. The Balaban J connectivity index is 1.99. The van der Waals surface area contributed by atoms with Crippen molar-refractivity contribution < 1.29 is 13.9 Å². The summed E-state index contributed by atoms with van der Waals surface area (Å²) in [4.78, 5) is 11.5. The highest BCUT2D eigenvalue weighted by Gasteiger charge is 2.33. The first-order chi connectivity index (χ1) is 8.24. The number of anilines is 1. The van der Waals surface area contributed by atoms with Crippen LogP contribution >= 0.6 is 0 Å². The summed E-state index contributed by atoms with van der Waals surface area (Å²) in [5.74, 6) is -0.301. The van der Waals surface area contributed by atoms with Gasteiger partial charge in [0.25, 0.3) is 0 Å². The number of fused-ring (bicyclic) bond motifs is 1. The molecule has 1 saturated heterocycles. The van der Waals surface area contributed by atoms with Gasteiger partial charge in [0.05, 0.1) is 12.1 Å². The number of carbonyl (C=O) groups is 1. The molecule has 0 radical (unpaired) electrons. The lowest BCUT2D eigenvalue weighted by Gasteiger charge is -2.30. The number of hydrogen-bond acceptors (Lipinski definition) is 2. The quantitative estimate of drug-likeness (QED) is 0.785. The van der Waals surface area contributed by atoms with Gasteiger partial charge in [-0.15, -0.1) is 0 Å². The average Bonchev–Trinajstić information content (AvgIpc) is 2.82. The van der Waals surface area contributed by atoms with Crippen LogP contribution in [0.15, 0.2) is 18.2 Å². The van der Waals surface area contributed by atoms with Gasteiger partial charge < -0.3 is 15.4 Å². The molecule has 0 bridgehead atoms. The van der Waals surface area contributed by atoms with Crippen molar-refractivity contribution >= 4 is 11.7 Å². The number of urea groups is 1. The van der Waals surface area contributed by atoms with Crippen molar-refractivity contribution in [3.8, 4) is 0 Å². The van der Waals surface area contributed by atoms with Crippen molar-refractivity contribution in [3.05, 3.63) is 29.6 Å². The monoisotopic (exact) mass is 236 g/mol. The smallest absolute Gasteiger partial charge is 0.319 e. The molecule has 2 aliphatic heterocycles. The second kappa shape index (κ2) is 4.00. The van der Waals surface area contributed by atoms with E-state index in [1.807, 2.05) is 0 Å². The van der Waals surface area contributed by atoms with Gasteiger partial charge >= 0.3 is 6.03 Å². The molecule has 2 N–H and O–H groups in total. The summed E-state index contributed by atoms with van der Waals surface area (Å²) >= 11 is 0. The third-order valence-corrected chi connectivity index (χ3v) is 3.22. The van der Waals surface area contributed by atoms with E-state index < -0.39 is 0 Å². The van der Waals surface area contributed by atoms with Gasteiger partial charge in [-0.2, -0.15) is 0 Å². The number of rotatable bonds is 1. The first-order valence-corrected chi connectivity index (χ1v) is 5.72. The van der Waals surface area contributed by atoms with Crippen LogP contribution in [0, 0.1) is 5.82 Å². The van der Waals surface area contributed by atoms with Crippen LogP contribution < -0.4 is 10.6 Å². The second-order valence-electron chi connectivity index (χ2n) is 4.36. The van der Waals surface area contributed by atoms with Crippen LogP contribution in [0.5, 0.6) is 0 Å². The van der Waals surface area contributed by atoms with Crippen LogP contribution in [-0.4, -0.2) is 18.7 Å². The Bertz CT molecular complexity index is 458. The zero-order valence-corrected chi connectivity index (χ0v) is 9.20. The maximum Gasteiger partial charge on any atom is 0.319 e. The van der Waals surface area contributed by atoms with Crippen LogP contribution in [0.2, 0.25) is 0 Å². The number of nitrogens with one attached hydrogen (secondary N) is 2. The Morgan fingerprint density at radius 3 is 3.06 bits per heavy atom. The summed E-state index contributed by atoms with van der Waals surface area (Å²) in [5.41, 5.74) is 1.42. The van der Waals surface area contributed by atoms with Crippen LogP contribution in [0.3, 0.4) is 0 Å². The minimum absolute atomic E-state index is 0.0541. The molecule has 2 amide bonds. The van der Waals surface area contributed by atoms with Crippen molar-refractivity contribution in [1.82, 2.24) is 5.32 Å². The first-order valence-electron chi connectivity index (χ1n) is 5.72. The fourth-order valence-corrected chi connectivity index (χ4v) is 2.44. The maximum atomic E-state index is 13.3. The summed E-state index contributed by atoms with van der Waals surface area (Å²) in [6.07, 6.45) is 1.82. The Hall–Kier alpha value is -1.62. The highest BCUT2D eigenvalue weighted by molar-refractivity contribution is 5.93. The highest BCUT2D eigenvalue weighted by Crippen LogP contribution is 2.34. The van der Waals surface area contributed by atoms with Crippen LogP contribution in [0.4, 0.5) is 14.9 Å². The van der Waals surface area contributed by atoms with Crippen molar-refractivity contribution in [2.24, 2.45) is 0 Å². The van der Waals surface area contributed by atoms with E-state index in [4.69, 9.17) is 4.74 Å². The van der Waals surface area contributed by atoms with E-state index in [0.29, 0.717) is 12.3 Å². The number of carbonyl (C=O) groups excluding carboxylic acids is 1. The van der Waals surface area contributed by atoms with Gasteiger partial charge in [0, 0.05) is 17.9 Å². The SMILES string of the molecule is O=C1Nc2ccc(F)cc2C(C2CCCO2)N1. The Labute approximate surface area is 98.1 Å². The van der Waals surface area contributed by atoms with Crippen molar-refractivity contribution in [1.29, 1.82) is 0 Å². The number of benzene rings is 1. The topological polar surface area (TPSA) is 50.4 Å². The first kappa shape index (κ1) is 10.5. The van der Waals surface area contributed by atoms with Crippen molar-refractivity contribution in [2.75, 3.05) is 11.9 Å². The predicted molar refractivity (Wildman–Crippen MR) is 60.3 cm³/mol. The van der Waals surface area contributed by atoms with E-state index in [2.05, 4.69) is 10.6 Å². The lowest BCUT2D eigenvalue weighted by molar-refractivity contribution is 0.0808. The molecule has 2 aliphatic rings. The third-order valence-electron chi connectivity index (χ3n) is 3.22. The van der Waals surface area contributed by atoms with Gasteiger partial charge in [-0.1, -0.05) is 0 Å². The van der Waals surface area contributed by atoms with E-state index in [1.54, 1.807) is 6.07 Å². The number of amides is 2. The lowest BCUT2D eigenvalue weighted by Crippen LogP contribution is -2.42. The molecule has 1 aromatic carbocycles. The highest BCUT2D eigenvalue weighted by atomic mass is 19.1. The molecule has 2 heterocycles. The molecule has 0 aliphatic carbocycles. The Morgan fingerprint density at radius 1 is 1.41 bits per heavy atom. The van der Waals surface area contributed by atoms with Gasteiger partial charge in [-0.3, -0.25) is 0 Å². The Morgan fingerprint density at radius 2 is 2.29 bits per heavy atom. The van der Waals surface area contributed by atoms with E-state index in [9.17, 15) is 9.18 Å². The molecule has 2 atom stereocenters. The standard InChI is InChI=1S/C12H13FN2O2/c13-7-3-4-9-8(6-7)11(15-12(16)14-9)10-2-1-5-17-10/h3-4,6,10-11H,1-2,5H2,(H2,14,15,16). The maximum absolute atomic E-state index is 13.3. The molecule has 2 unspecified atom stereocenters. The van der Waals surface area contributed by atoms with Gasteiger partial charge in [0.15, 0.2) is 0 Å². The minimum Gasteiger partial charge on any atom is -0.376 e. The van der Waals surface area contributed by atoms with E-state index in [0.717, 1.165) is 18.4 Å². The van der Waals surface area contributed by atoms with E-state index in [1.165, 1.54) is 12.1 Å². The molecule has 90 valence electrons. The van der Waals surface area contributed by atoms with Gasteiger partial charge in [-0.05, 0) is 31.0 Å². The molecular formula is C12H13FN2O2. The third kappa shape index (κ3) is 1.86. The van der Waals surface area contributed by atoms with Crippen LogP contribution in [0.25, 0.3) is 0 Å². The summed E-state index contributed by atoms with van der Waals surface area (Å²) in [6.45, 7) is 0.703. The molecule has 4 nitrogen and oxygen atoms in total. The molecule has 1 fully saturated rings. The molecule has 5 heteroatoms. The second-order valence-corrected chi connectivity index (χ2v) is 4.36. The molecule has 0 saturated carbocycles. The lowest BCUT2D eigenvalue weighted by atomic mass is 9.96. The predicted octanol–water partition coefficient (Wildman–Crippen LogP) is 2.18. The van der Waals surface area contributed by atoms with Crippen LogP contribution in [0.1, 0.15) is 24.4 Å². The zero-order chi connectivity index (χ0) is 11.8. The molecule has 0 aromatic heterocycles. The molecule has 1 aromatic rings. The summed E-state index contributed by atoms with van der Waals surface area (Å²) in [5, 5.41) is 5.47. The van der Waals surface area contributed by atoms with Gasteiger partial charge in [-0.25, -0.2) is 9.18 Å². The fraction of sp³-hybridized carbons (Fsp3) is 0.417. The molecule has 3 rings (SSSR count). The largest absolute Gasteiger partial charge is 0.376 e. The number of halogens is 1. The van der Waals surface area contributed by atoms with Crippen molar-refractivity contribution in [2.45, 2.75) is 25.0 Å². The fourth-order valence-electron chi connectivity index (χ4n) is 2.44. The zero-order valence-electron chi connectivity index (χ0n) is 9.20. The van der Waals surface area contributed by atoms with Gasteiger partial charge in [0.1, 0.15) is 5.82 Å². The summed E-state index contributed by atoms with van der Waals surface area (Å²) in [7, 11) is 0. The van der Waals surface area contributed by atoms with Gasteiger partial charge in [0.2, 0.25) is 0 Å². The Kier molecular flexibility index (Phi) is 2.48. The minimum atomic E-state index is -0.301. The van der Waals surface area contributed by atoms with E-state index >= 15 is 0 Å². The average molecular weight is 236 g/mol. The summed E-state index contributed by atoms with van der Waals surface area (Å²) < 4.78 is 18.8. The van der Waals surface area contributed by atoms with Crippen LogP contribution in [-0.2, 0) is 4.74 Å². The number of hydrogen-bond donors (Lipinski definition) is 2. The molecule has 17 heavy (non-hydrogen) atoms. The van der Waals surface area contributed by atoms with Crippen molar-refractivity contribution in [3.63, 3.8) is 0 Å². The summed E-state index contributed by atoms with van der Waals surface area (Å²) in [6, 6.07) is 3.87. The normalized spacial score (nSPS) is 27.2. The molecule has 0 spiro atoms.